The van der Waals surface area contributed by atoms with Crippen molar-refractivity contribution in [3.05, 3.63) is 112 Å². The Morgan fingerprint density at radius 2 is 1.66 bits per heavy atom. The van der Waals surface area contributed by atoms with Crippen molar-refractivity contribution in [2.45, 2.75) is 76.5 Å². The summed E-state index contributed by atoms with van der Waals surface area (Å²) in [6, 6.07) is 16.0. The van der Waals surface area contributed by atoms with E-state index in [-0.39, 0.29) is 81.8 Å². The second-order valence-electron chi connectivity index (χ2n) is 16.0. The summed E-state index contributed by atoms with van der Waals surface area (Å²) >= 11 is 0. The molecule has 1 heterocycles. The first-order valence-corrected chi connectivity index (χ1v) is 21.4. The van der Waals surface area contributed by atoms with E-state index in [1.165, 1.54) is 36.3 Å². The Morgan fingerprint density at radius 3 is 2.34 bits per heavy atom. The lowest BCUT2D eigenvalue weighted by atomic mass is 9.55. The maximum atomic E-state index is 14.6. The molecule has 3 aliphatic rings. The van der Waals surface area contributed by atoms with Crippen LogP contribution in [0.1, 0.15) is 67.6 Å². The molecule has 0 bridgehead atoms. The number of allylic oxidation sites excluding steroid dienone is 1. The van der Waals surface area contributed by atoms with Crippen molar-refractivity contribution >= 4 is 17.5 Å². The first kappa shape index (κ1) is 46.2. The molecule has 6 atom stereocenters. The predicted molar refractivity (Wildman–Crippen MR) is 232 cm³/mol. The average Bonchev–Trinajstić information content (AvgIpc) is 3.26. The smallest absolute Gasteiger partial charge is 0.415 e. The Balaban J connectivity index is 1.55. The Bertz CT molecular complexity index is 2070. The fourth-order valence-corrected chi connectivity index (χ4v) is 9.23. The molecule has 15 heteroatoms. The Hall–Kier alpha value is -5.32. The van der Waals surface area contributed by atoms with Gasteiger partial charge >= 0.3 is 6.09 Å². The van der Waals surface area contributed by atoms with Gasteiger partial charge in [-0.25, -0.2) is 4.79 Å². The third-order valence-electron chi connectivity index (χ3n) is 12.1. The molecule has 0 radical (unpaired) electrons. The lowest BCUT2D eigenvalue weighted by Crippen LogP contribution is -2.70. The van der Waals surface area contributed by atoms with Crippen molar-refractivity contribution in [2.24, 2.45) is 22.9 Å². The van der Waals surface area contributed by atoms with Crippen molar-refractivity contribution in [3.63, 3.8) is 0 Å². The number of benzene rings is 3. The number of non-ortho nitro benzene ring substituents is 1. The Morgan fingerprint density at radius 1 is 0.952 bits per heavy atom. The van der Waals surface area contributed by atoms with Crippen LogP contribution in [0.25, 0.3) is 0 Å². The monoisotopic (exact) mass is 857 g/mol. The van der Waals surface area contributed by atoms with Gasteiger partial charge in [-0.3, -0.25) is 15.0 Å². The van der Waals surface area contributed by atoms with E-state index in [2.05, 4.69) is 24.7 Å². The van der Waals surface area contributed by atoms with E-state index in [0.29, 0.717) is 35.8 Å². The maximum Gasteiger partial charge on any atom is 0.415 e. The number of hydrogen-bond donors (Lipinski definition) is 3. The molecule has 334 valence electrons. The van der Waals surface area contributed by atoms with Gasteiger partial charge in [0.05, 0.1) is 43.0 Å². The minimum atomic E-state index is -1.57. The number of aliphatic hydroxyl groups excluding tert-OH is 3. The minimum absolute atomic E-state index is 0.0174. The highest BCUT2D eigenvalue weighted by atomic mass is 16.7. The highest BCUT2D eigenvalue weighted by molar-refractivity contribution is 6.03. The predicted octanol–water partition coefficient (Wildman–Crippen LogP) is 7.78. The first-order valence-electron chi connectivity index (χ1n) is 21.4. The third-order valence-corrected chi connectivity index (χ3v) is 12.1. The van der Waals surface area contributed by atoms with E-state index >= 15 is 0 Å². The van der Waals surface area contributed by atoms with Gasteiger partial charge in [0.2, 0.25) is 5.79 Å². The third kappa shape index (κ3) is 10.3. The second kappa shape index (κ2) is 21.7. The molecule has 6 rings (SSSR count). The molecule has 3 N–H and O–H groups in total. The fourth-order valence-electron chi connectivity index (χ4n) is 9.23. The Labute approximate surface area is 362 Å². The van der Waals surface area contributed by atoms with Crippen LogP contribution < -0.4 is 14.2 Å². The zero-order chi connectivity index (χ0) is 44.2. The summed E-state index contributed by atoms with van der Waals surface area (Å²) in [6.45, 7) is 8.05. The number of carbonyl (C=O) groups excluding carboxylic acids is 1. The fraction of sp³-hybridized carbons (Fsp3) is 0.489. The first-order chi connectivity index (χ1) is 30.1. The van der Waals surface area contributed by atoms with E-state index < -0.39 is 28.8 Å². The summed E-state index contributed by atoms with van der Waals surface area (Å²) in [7, 11) is 1.47. The zero-order valence-electron chi connectivity index (χ0n) is 35.8. The molecule has 1 aliphatic heterocycles. The van der Waals surface area contributed by atoms with Gasteiger partial charge < -0.3 is 43.8 Å². The van der Waals surface area contributed by atoms with Gasteiger partial charge in [0, 0.05) is 49.8 Å². The molecule has 1 amide bonds. The second-order valence-corrected chi connectivity index (χ2v) is 16.0. The summed E-state index contributed by atoms with van der Waals surface area (Å²) in [5.41, 5.74) is 4.43. The molecule has 3 aromatic carbocycles. The summed E-state index contributed by atoms with van der Waals surface area (Å²) < 4.78 is 32.4. The van der Waals surface area contributed by atoms with E-state index in [1.54, 1.807) is 6.08 Å². The van der Waals surface area contributed by atoms with E-state index in [0.717, 1.165) is 47.9 Å². The summed E-state index contributed by atoms with van der Waals surface area (Å²) in [6.07, 6.45) is 7.51. The van der Waals surface area contributed by atoms with Crippen molar-refractivity contribution in [3.8, 4) is 23.0 Å². The summed E-state index contributed by atoms with van der Waals surface area (Å²) in [5.74, 6) is -0.509. The van der Waals surface area contributed by atoms with Gasteiger partial charge in [-0.2, -0.15) is 0 Å². The number of aliphatic hydroxyl groups is 3. The Kier molecular flexibility index (Phi) is 16.1. The lowest BCUT2D eigenvalue weighted by molar-refractivity contribution is -0.384. The van der Waals surface area contributed by atoms with Gasteiger partial charge in [0.25, 0.3) is 5.69 Å². The number of nitro groups is 1. The van der Waals surface area contributed by atoms with Crippen LogP contribution in [-0.2, 0) is 14.3 Å². The minimum Gasteiger partial charge on any atom is -0.459 e. The SMILES string of the molecule is C=CCOC12Oc3ccc(Oc4ccc(C)c(C)c4)cc3C3C(CCCCO)C(CCCCO)C=C(C(=NOC)CC1N(CCOCCO)C(=O)Oc1ccc([N+](=O)[O-])cc1)C32. The van der Waals surface area contributed by atoms with Crippen LogP contribution in [0.15, 0.2) is 90.1 Å². The molecule has 1 saturated carbocycles. The van der Waals surface area contributed by atoms with Gasteiger partial charge in [-0.05, 0) is 111 Å². The molecule has 0 aromatic heterocycles. The van der Waals surface area contributed by atoms with E-state index in [9.17, 15) is 30.2 Å². The number of amides is 1. The van der Waals surface area contributed by atoms with Crippen LogP contribution >= 0.6 is 0 Å². The highest BCUT2D eigenvalue weighted by Gasteiger charge is 2.65. The molecule has 1 fully saturated rings. The number of nitro benzene ring substituents is 1. The van der Waals surface area contributed by atoms with Crippen molar-refractivity contribution in [1.82, 2.24) is 4.90 Å². The molecular weight excluding hydrogens is 799 g/mol. The van der Waals surface area contributed by atoms with Crippen molar-refractivity contribution in [2.75, 3.05) is 53.3 Å². The molecular formula is C47H59N3O12. The van der Waals surface area contributed by atoms with Crippen LogP contribution in [0.3, 0.4) is 0 Å². The number of oxime groups is 1. The van der Waals surface area contributed by atoms with Crippen LogP contribution in [0.5, 0.6) is 23.0 Å². The van der Waals surface area contributed by atoms with E-state index in [4.69, 9.17) is 28.5 Å². The van der Waals surface area contributed by atoms with Crippen LogP contribution in [0.4, 0.5) is 10.5 Å². The molecule has 2 aliphatic carbocycles. The molecule has 0 spiro atoms. The van der Waals surface area contributed by atoms with Crippen molar-refractivity contribution < 1.29 is 53.6 Å². The molecule has 3 aromatic rings. The summed E-state index contributed by atoms with van der Waals surface area (Å²) in [5, 5.41) is 45.3. The van der Waals surface area contributed by atoms with Crippen LogP contribution in [0.2, 0.25) is 0 Å². The van der Waals surface area contributed by atoms with Crippen molar-refractivity contribution in [1.29, 1.82) is 0 Å². The highest BCUT2D eigenvalue weighted by Crippen LogP contribution is 2.62. The van der Waals surface area contributed by atoms with E-state index in [1.807, 2.05) is 43.3 Å². The van der Waals surface area contributed by atoms with Crippen LogP contribution in [0, 0.1) is 41.7 Å². The quantitative estimate of drug-likeness (QED) is 0.0386. The normalized spacial score (nSPS) is 23.0. The van der Waals surface area contributed by atoms with Gasteiger partial charge in [-0.15, -0.1) is 6.58 Å². The topological polar surface area (TPSA) is 192 Å². The molecule has 62 heavy (non-hydrogen) atoms. The van der Waals surface area contributed by atoms with Gasteiger partial charge in [-0.1, -0.05) is 36.2 Å². The molecule has 6 unspecified atom stereocenters. The number of carbonyl (C=O) groups is 1. The van der Waals surface area contributed by atoms with Gasteiger partial charge in [0.1, 0.15) is 36.1 Å². The van der Waals surface area contributed by atoms with Gasteiger partial charge in [0.15, 0.2) is 0 Å². The number of unbranched alkanes of at least 4 members (excludes halogenated alkanes) is 2. The number of hydrogen-bond acceptors (Lipinski definition) is 13. The summed E-state index contributed by atoms with van der Waals surface area (Å²) in [4.78, 5) is 32.5. The number of fused-ring (bicyclic) bond motifs is 2. The zero-order valence-corrected chi connectivity index (χ0v) is 35.8. The molecule has 15 nitrogen and oxygen atoms in total. The number of ether oxygens (including phenoxy) is 5. The average molecular weight is 858 g/mol. The van der Waals surface area contributed by atoms with Crippen LogP contribution in [-0.4, -0.2) is 102 Å². The number of nitrogens with zero attached hydrogens (tertiary/aromatic N) is 3. The largest absolute Gasteiger partial charge is 0.459 e. The number of rotatable bonds is 22. The standard InChI is InChI=1S/C47H59N3O12/c1-5-24-59-47-43(49(20-25-58-26-23-53)46(54)61-35-16-13-34(14-17-35)50(55)56)30-41(48-57-4)39-28-33(10-6-8-21-51)38(11-7-9-22-52)44(45(39)47)40-29-37(18-19-42(40)62-47)60-36-15-12-31(2)32(3)27-36/h5,12-19,27-29,33,38,43-45,51-53H,1,6-11,20-26,30H2,2-4H3. The number of aryl methyl sites for hydroxylation is 2. The maximum absolute atomic E-state index is 14.6. The lowest BCUT2D eigenvalue weighted by Gasteiger charge is -2.59. The molecule has 0 saturated heterocycles.